The summed E-state index contributed by atoms with van der Waals surface area (Å²) < 4.78 is 10.8. The van der Waals surface area contributed by atoms with E-state index in [1.54, 1.807) is 19.2 Å². The Morgan fingerprint density at radius 2 is 2.00 bits per heavy atom. The molecule has 1 aromatic heterocycles. The third kappa shape index (κ3) is 3.48. The lowest BCUT2D eigenvalue weighted by Crippen LogP contribution is -2.25. The van der Waals surface area contributed by atoms with Gasteiger partial charge in [0.25, 0.3) is 5.91 Å². The summed E-state index contributed by atoms with van der Waals surface area (Å²) >= 11 is 5.85. The molecule has 1 heterocycles. The van der Waals surface area contributed by atoms with Gasteiger partial charge >= 0.3 is 0 Å². The molecule has 4 nitrogen and oxygen atoms in total. The van der Waals surface area contributed by atoms with Crippen molar-refractivity contribution in [1.82, 2.24) is 5.32 Å². The molecule has 0 bridgehead atoms. The number of para-hydroxylation sites is 1. The van der Waals surface area contributed by atoms with Gasteiger partial charge in [-0.05, 0) is 36.2 Å². The predicted molar refractivity (Wildman–Crippen MR) is 90.3 cm³/mol. The van der Waals surface area contributed by atoms with Gasteiger partial charge in [-0.3, -0.25) is 4.79 Å². The van der Waals surface area contributed by atoms with Gasteiger partial charge in [-0.15, -0.1) is 0 Å². The van der Waals surface area contributed by atoms with E-state index in [1.165, 1.54) is 0 Å². The average Bonchev–Trinajstić information content (AvgIpc) is 3.01. The fourth-order valence-electron chi connectivity index (χ4n) is 2.37. The van der Waals surface area contributed by atoms with E-state index in [4.69, 9.17) is 20.8 Å². The molecular formula is C18H16ClNO3. The fraction of sp³-hybridized carbons (Fsp3) is 0.167. The first-order valence-electron chi connectivity index (χ1n) is 7.26. The molecule has 0 fully saturated rings. The van der Waals surface area contributed by atoms with Crippen LogP contribution in [0.2, 0.25) is 5.02 Å². The van der Waals surface area contributed by atoms with Crippen LogP contribution in [0.5, 0.6) is 5.75 Å². The van der Waals surface area contributed by atoms with Gasteiger partial charge in [0.1, 0.15) is 0 Å². The number of ether oxygens (including phenoxy) is 1. The van der Waals surface area contributed by atoms with E-state index in [1.807, 2.05) is 36.4 Å². The van der Waals surface area contributed by atoms with Crippen LogP contribution < -0.4 is 10.1 Å². The Morgan fingerprint density at radius 3 is 2.74 bits per heavy atom. The highest BCUT2D eigenvalue weighted by Gasteiger charge is 2.14. The normalized spacial score (nSPS) is 10.7. The van der Waals surface area contributed by atoms with E-state index in [9.17, 15) is 4.79 Å². The predicted octanol–water partition coefficient (Wildman–Crippen LogP) is 4.07. The first-order valence-corrected chi connectivity index (χ1v) is 7.64. The summed E-state index contributed by atoms with van der Waals surface area (Å²) in [5.41, 5.74) is 1.69. The maximum absolute atomic E-state index is 12.2. The topological polar surface area (TPSA) is 51.5 Å². The van der Waals surface area contributed by atoms with Gasteiger partial charge < -0.3 is 14.5 Å². The summed E-state index contributed by atoms with van der Waals surface area (Å²) in [5, 5.41) is 4.40. The summed E-state index contributed by atoms with van der Waals surface area (Å²) in [4.78, 5) is 12.2. The molecule has 0 atom stereocenters. The van der Waals surface area contributed by atoms with Gasteiger partial charge in [-0.2, -0.15) is 0 Å². The molecule has 1 N–H and O–H groups in total. The van der Waals surface area contributed by atoms with E-state index < -0.39 is 0 Å². The van der Waals surface area contributed by atoms with E-state index in [0.717, 1.165) is 17.4 Å². The number of furan rings is 1. The minimum Gasteiger partial charge on any atom is -0.493 e. The third-order valence-corrected chi connectivity index (χ3v) is 3.82. The highest BCUT2D eigenvalue weighted by atomic mass is 35.5. The number of benzene rings is 2. The van der Waals surface area contributed by atoms with Gasteiger partial charge in [0.2, 0.25) is 0 Å². The smallest absolute Gasteiger partial charge is 0.287 e. The second-order valence-corrected chi connectivity index (χ2v) is 5.56. The highest BCUT2D eigenvalue weighted by Crippen LogP contribution is 2.28. The minimum absolute atomic E-state index is 0.239. The molecule has 3 rings (SSSR count). The number of nitrogens with one attached hydrogen (secondary N) is 1. The Morgan fingerprint density at radius 1 is 1.22 bits per heavy atom. The molecule has 0 aliphatic carbocycles. The van der Waals surface area contributed by atoms with Crippen molar-refractivity contribution < 1.29 is 13.9 Å². The fourth-order valence-corrected chi connectivity index (χ4v) is 2.49. The molecule has 0 spiro atoms. The lowest BCUT2D eigenvalue weighted by molar-refractivity contribution is 0.0928. The van der Waals surface area contributed by atoms with Crippen molar-refractivity contribution >= 4 is 28.5 Å². The Hall–Kier alpha value is -2.46. The van der Waals surface area contributed by atoms with E-state index in [2.05, 4.69) is 5.32 Å². The first-order chi connectivity index (χ1) is 11.2. The summed E-state index contributed by atoms with van der Waals surface area (Å²) in [6, 6.07) is 14.8. The number of methoxy groups -OCH3 is 1. The number of hydrogen-bond donors (Lipinski definition) is 1. The molecule has 23 heavy (non-hydrogen) atoms. The molecule has 0 saturated heterocycles. The van der Waals surface area contributed by atoms with E-state index >= 15 is 0 Å². The highest BCUT2D eigenvalue weighted by molar-refractivity contribution is 6.30. The molecule has 5 heteroatoms. The maximum atomic E-state index is 12.2. The van der Waals surface area contributed by atoms with Crippen LogP contribution in [0, 0.1) is 0 Å². The maximum Gasteiger partial charge on any atom is 0.287 e. The Bertz CT molecular complexity index is 824. The van der Waals surface area contributed by atoms with Crippen LogP contribution in [0.3, 0.4) is 0 Å². The van der Waals surface area contributed by atoms with Crippen LogP contribution in [0.1, 0.15) is 16.1 Å². The van der Waals surface area contributed by atoms with Crippen LogP contribution in [0.4, 0.5) is 0 Å². The molecule has 0 saturated carbocycles. The second kappa shape index (κ2) is 6.75. The molecule has 0 unspecified atom stereocenters. The van der Waals surface area contributed by atoms with Gasteiger partial charge in [-0.25, -0.2) is 0 Å². The van der Waals surface area contributed by atoms with Crippen molar-refractivity contribution in [2.75, 3.05) is 13.7 Å². The molecule has 3 aromatic rings. The molecular weight excluding hydrogens is 314 g/mol. The number of fused-ring (bicyclic) bond motifs is 1. The summed E-state index contributed by atoms with van der Waals surface area (Å²) in [6.45, 7) is 0.522. The zero-order valence-corrected chi connectivity index (χ0v) is 13.4. The second-order valence-electron chi connectivity index (χ2n) is 5.12. The average molecular weight is 330 g/mol. The van der Waals surface area contributed by atoms with Crippen molar-refractivity contribution in [2.45, 2.75) is 6.42 Å². The Labute approximate surface area is 139 Å². The lowest BCUT2D eigenvalue weighted by Gasteiger charge is -2.03. The van der Waals surface area contributed by atoms with Crippen molar-refractivity contribution in [1.29, 1.82) is 0 Å². The summed E-state index contributed by atoms with van der Waals surface area (Å²) in [6.07, 6.45) is 0.729. The monoisotopic (exact) mass is 329 g/mol. The first kappa shape index (κ1) is 15.4. The van der Waals surface area contributed by atoms with Crippen LogP contribution in [-0.4, -0.2) is 19.6 Å². The van der Waals surface area contributed by atoms with Crippen LogP contribution in [0.25, 0.3) is 11.0 Å². The van der Waals surface area contributed by atoms with Gasteiger partial charge in [0.05, 0.1) is 7.11 Å². The number of carbonyl (C=O) groups is 1. The van der Waals surface area contributed by atoms with Crippen LogP contribution in [0.15, 0.2) is 52.9 Å². The van der Waals surface area contributed by atoms with E-state index in [0.29, 0.717) is 22.9 Å². The third-order valence-electron chi connectivity index (χ3n) is 3.56. The number of amides is 1. The SMILES string of the molecule is COc1cccc2cc(C(=O)NCCc3ccc(Cl)cc3)oc12. The van der Waals surface area contributed by atoms with Gasteiger partial charge in [0.15, 0.2) is 17.1 Å². The number of rotatable bonds is 5. The van der Waals surface area contributed by atoms with Crippen molar-refractivity contribution in [3.05, 3.63) is 64.9 Å². The Kier molecular flexibility index (Phi) is 4.53. The van der Waals surface area contributed by atoms with Crippen LogP contribution in [-0.2, 0) is 6.42 Å². The minimum atomic E-state index is -0.239. The van der Waals surface area contributed by atoms with Crippen molar-refractivity contribution in [2.24, 2.45) is 0 Å². The standard InChI is InChI=1S/C18H16ClNO3/c1-22-15-4-2-3-13-11-16(23-17(13)15)18(21)20-10-9-12-5-7-14(19)8-6-12/h2-8,11H,9-10H2,1H3,(H,20,21). The molecule has 0 aliphatic heterocycles. The zero-order chi connectivity index (χ0) is 16.2. The molecule has 118 valence electrons. The van der Waals surface area contributed by atoms with Gasteiger partial charge in [0, 0.05) is 17.0 Å². The summed E-state index contributed by atoms with van der Waals surface area (Å²) in [7, 11) is 1.57. The quantitative estimate of drug-likeness (QED) is 0.767. The summed E-state index contributed by atoms with van der Waals surface area (Å²) in [5.74, 6) is 0.653. The zero-order valence-electron chi connectivity index (χ0n) is 12.6. The largest absolute Gasteiger partial charge is 0.493 e. The van der Waals surface area contributed by atoms with Crippen LogP contribution >= 0.6 is 11.6 Å². The molecule has 0 radical (unpaired) electrons. The lowest BCUT2D eigenvalue weighted by atomic mass is 10.1. The number of halogens is 1. The molecule has 0 aliphatic rings. The molecule has 1 amide bonds. The Balaban J connectivity index is 1.65. The molecule has 2 aromatic carbocycles. The number of hydrogen-bond acceptors (Lipinski definition) is 3. The van der Waals surface area contributed by atoms with Gasteiger partial charge in [-0.1, -0.05) is 35.9 Å². The van der Waals surface area contributed by atoms with Crippen molar-refractivity contribution in [3.63, 3.8) is 0 Å². The van der Waals surface area contributed by atoms with E-state index in [-0.39, 0.29) is 11.7 Å². The number of carbonyl (C=O) groups excluding carboxylic acids is 1. The van der Waals surface area contributed by atoms with Crippen molar-refractivity contribution in [3.8, 4) is 5.75 Å².